The molecule has 1 rings (SSSR count). The van der Waals surface area contributed by atoms with Crippen molar-refractivity contribution in [2.24, 2.45) is 0 Å². The third kappa shape index (κ3) is 1.76. The average molecular weight is 199 g/mol. The zero-order valence-corrected chi connectivity index (χ0v) is 7.83. The van der Waals surface area contributed by atoms with E-state index in [4.69, 9.17) is 10.5 Å². The monoisotopic (exact) mass is 199 g/mol. The van der Waals surface area contributed by atoms with Crippen molar-refractivity contribution in [2.75, 3.05) is 20.0 Å². The number of carbonyl (C=O) groups is 1. The van der Waals surface area contributed by atoms with Crippen molar-refractivity contribution < 1.29 is 18.7 Å². The van der Waals surface area contributed by atoms with Crippen LogP contribution < -0.4 is 10.5 Å². The normalized spacial score (nSPS) is 9.64. The van der Waals surface area contributed by atoms with Crippen molar-refractivity contribution in [2.45, 2.75) is 0 Å². The summed E-state index contributed by atoms with van der Waals surface area (Å²) in [6, 6.07) is 2.09. The van der Waals surface area contributed by atoms with Crippen LogP contribution in [0.1, 0.15) is 10.4 Å². The van der Waals surface area contributed by atoms with E-state index in [9.17, 15) is 9.18 Å². The molecule has 0 fully saturated rings. The summed E-state index contributed by atoms with van der Waals surface area (Å²) in [4.78, 5) is 11.2. The Hall–Kier alpha value is -1.78. The van der Waals surface area contributed by atoms with E-state index in [-0.39, 0.29) is 17.0 Å². The lowest BCUT2D eigenvalue weighted by molar-refractivity contribution is 0.0596. The number of ether oxygens (including phenoxy) is 2. The second kappa shape index (κ2) is 3.95. The number of benzene rings is 1. The van der Waals surface area contributed by atoms with Crippen LogP contribution in [0.4, 0.5) is 10.1 Å². The Morgan fingerprint density at radius 3 is 2.57 bits per heavy atom. The van der Waals surface area contributed by atoms with Crippen molar-refractivity contribution in [1.82, 2.24) is 0 Å². The molecule has 14 heavy (non-hydrogen) atoms. The maximum Gasteiger partial charge on any atom is 0.341 e. The van der Waals surface area contributed by atoms with Crippen LogP contribution in [0.5, 0.6) is 5.75 Å². The van der Waals surface area contributed by atoms with Gasteiger partial charge in [-0.3, -0.25) is 0 Å². The van der Waals surface area contributed by atoms with E-state index in [0.717, 1.165) is 12.1 Å². The number of nitrogens with two attached hydrogens (primary N) is 1. The molecular formula is C9H10FNO3. The molecule has 5 heteroatoms. The molecule has 0 aliphatic rings. The molecule has 0 heterocycles. The first-order valence-electron chi connectivity index (χ1n) is 3.81. The summed E-state index contributed by atoms with van der Waals surface area (Å²) in [5, 5.41) is 0. The van der Waals surface area contributed by atoms with Gasteiger partial charge >= 0.3 is 5.97 Å². The molecule has 0 spiro atoms. The largest absolute Gasteiger partial charge is 0.494 e. The lowest BCUT2D eigenvalue weighted by atomic mass is 10.1. The first kappa shape index (κ1) is 10.3. The Labute approximate surface area is 80.4 Å². The molecule has 4 nitrogen and oxygen atoms in total. The fraction of sp³-hybridized carbons (Fsp3) is 0.222. The summed E-state index contributed by atoms with van der Waals surface area (Å²) < 4.78 is 22.2. The SMILES string of the molecule is COC(=O)c1cc(F)cc(N)c1OC. The Bertz CT molecular complexity index is 365. The number of esters is 1. The van der Waals surface area contributed by atoms with Gasteiger partial charge in [-0.2, -0.15) is 0 Å². The van der Waals surface area contributed by atoms with Crippen LogP contribution in [0.25, 0.3) is 0 Å². The number of anilines is 1. The number of carbonyl (C=O) groups excluding carboxylic acids is 1. The van der Waals surface area contributed by atoms with Gasteiger partial charge < -0.3 is 15.2 Å². The lowest BCUT2D eigenvalue weighted by Crippen LogP contribution is -2.07. The Morgan fingerprint density at radius 2 is 2.07 bits per heavy atom. The van der Waals surface area contributed by atoms with Gasteiger partial charge in [0, 0.05) is 6.07 Å². The zero-order chi connectivity index (χ0) is 10.7. The van der Waals surface area contributed by atoms with Crippen LogP contribution in [0, 0.1) is 5.82 Å². The van der Waals surface area contributed by atoms with Gasteiger partial charge in [0.15, 0.2) is 5.75 Å². The van der Waals surface area contributed by atoms with Crippen LogP contribution in [-0.4, -0.2) is 20.2 Å². The molecule has 0 amide bonds. The molecular weight excluding hydrogens is 189 g/mol. The molecule has 0 atom stereocenters. The number of methoxy groups -OCH3 is 2. The van der Waals surface area contributed by atoms with Crippen molar-refractivity contribution in [3.8, 4) is 5.75 Å². The summed E-state index contributed by atoms with van der Waals surface area (Å²) in [5.74, 6) is -1.17. The van der Waals surface area contributed by atoms with E-state index in [1.54, 1.807) is 0 Å². The van der Waals surface area contributed by atoms with E-state index in [1.807, 2.05) is 0 Å². The Kier molecular flexibility index (Phi) is 2.91. The van der Waals surface area contributed by atoms with Gasteiger partial charge in [0.05, 0.1) is 19.9 Å². The third-order valence-electron chi connectivity index (χ3n) is 1.69. The number of rotatable bonds is 2. The molecule has 1 aromatic rings. The van der Waals surface area contributed by atoms with Crippen LogP contribution >= 0.6 is 0 Å². The van der Waals surface area contributed by atoms with Gasteiger partial charge in [0.2, 0.25) is 0 Å². The van der Waals surface area contributed by atoms with Gasteiger partial charge in [0.25, 0.3) is 0 Å². The van der Waals surface area contributed by atoms with Gasteiger partial charge in [0.1, 0.15) is 11.4 Å². The van der Waals surface area contributed by atoms with Crippen molar-refractivity contribution in [1.29, 1.82) is 0 Å². The highest BCUT2D eigenvalue weighted by Crippen LogP contribution is 2.27. The lowest BCUT2D eigenvalue weighted by Gasteiger charge is -2.09. The molecule has 0 bridgehead atoms. The van der Waals surface area contributed by atoms with E-state index in [1.165, 1.54) is 14.2 Å². The van der Waals surface area contributed by atoms with Crippen LogP contribution in [-0.2, 0) is 4.74 Å². The minimum atomic E-state index is -0.687. The molecule has 0 aliphatic heterocycles. The quantitative estimate of drug-likeness (QED) is 0.574. The van der Waals surface area contributed by atoms with Crippen molar-refractivity contribution >= 4 is 11.7 Å². The highest BCUT2D eigenvalue weighted by Gasteiger charge is 2.16. The third-order valence-corrected chi connectivity index (χ3v) is 1.69. The molecule has 0 aromatic heterocycles. The molecule has 0 radical (unpaired) electrons. The fourth-order valence-corrected chi connectivity index (χ4v) is 1.10. The standard InChI is InChI=1S/C9H10FNO3/c1-13-8-6(9(12)14-2)3-5(10)4-7(8)11/h3-4H,11H2,1-2H3. The summed E-state index contributed by atoms with van der Waals surface area (Å²) in [5.41, 5.74) is 5.49. The number of hydrogen-bond donors (Lipinski definition) is 1. The molecule has 0 saturated heterocycles. The first-order chi connectivity index (χ1) is 6.60. The van der Waals surface area contributed by atoms with E-state index < -0.39 is 11.8 Å². The summed E-state index contributed by atoms with van der Waals surface area (Å²) in [6.45, 7) is 0. The average Bonchev–Trinajstić information content (AvgIpc) is 2.15. The maximum absolute atomic E-state index is 12.9. The van der Waals surface area contributed by atoms with Gasteiger partial charge in [-0.25, -0.2) is 9.18 Å². The highest BCUT2D eigenvalue weighted by atomic mass is 19.1. The second-order valence-electron chi connectivity index (χ2n) is 2.57. The zero-order valence-electron chi connectivity index (χ0n) is 7.83. The number of nitrogen functional groups attached to an aromatic ring is 1. The minimum Gasteiger partial charge on any atom is -0.494 e. The Balaban J connectivity index is 3.32. The molecule has 0 aliphatic carbocycles. The first-order valence-corrected chi connectivity index (χ1v) is 3.81. The predicted octanol–water partition coefficient (Wildman–Crippen LogP) is 1.20. The molecule has 0 saturated carbocycles. The van der Waals surface area contributed by atoms with Crippen LogP contribution in [0.3, 0.4) is 0 Å². The highest BCUT2D eigenvalue weighted by molar-refractivity contribution is 5.94. The van der Waals surface area contributed by atoms with Gasteiger partial charge in [-0.15, -0.1) is 0 Å². The van der Waals surface area contributed by atoms with Crippen molar-refractivity contribution in [3.63, 3.8) is 0 Å². The van der Waals surface area contributed by atoms with Crippen LogP contribution in [0.2, 0.25) is 0 Å². The predicted molar refractivity (Wildman–Crippen MR) is 48.7 cm³/mol. The fourth-order valence-electron chi connectivity index (χ4n) is 1.10. The number of hydrogen-bond acceptors (Lipinski definition) is 4. The van der Waals surface area contributed by atoms with Gasteiger partial charge in [-0.1, -0.05) is 0 Å². The Morgan fingerprint density at radius 1 is 1.43 bits per heavy atom. The smallest absolute Gasteiger partial charge is 0.341 e. The maximum atomic E-state index is 12.9. The van der Waals surface area contributed by atoms with E-state index in [0.29, 0.717) is 0 Å². The number of halogens is 1. The summed E-state index contributed by atoms with van der Waals surface area (Å²) in [6.07, 6.45) is 0. The summed E-state index contributed by atoms with van der Waals surface area (Å²) >= 11 is 0. The topological polar surface area (TPSA) is 61.5 Å². The van der Waals surface area contributed by atoms with Crippen LogP contribution in [0.15, 0.2) is 12.1 Å². The molecule has 1 aromatic carbocycles. The molecule has 76 valence electrons. The minimum absolute atomic E-state index is 0.0208. The second-order valence-corrected chi connectivity index (χ2v) is 2.57. The molecule has 0 unspecified atom stereocenters. The summed E-state index contributed by atoms with van der Waals surface area (Å²) in [7, 11) is 2.54. The van der Waals surface area contributed by atoms with E-state index >= 15 is 0 Å². The molecule has 2 N–H and O–H groups in total. The van der Waals surface area contributed by atoms with E-state index in [2.05, 4.69) is 4.74 Å². The van der Waals surface area contributed by atoms with Gasteiger partial charge in [-0.05, 0) is 6.07 Å². The van der Waals surface area contributed by atoms with Crippen molar-refractivity contribution in [3.05, 3.63) is 23.5 Å².